The van der Waals surface area contributed by atoms with E-state index in [0.717, 1.165) is 25.9 Å². The number of azide groups is 1. The summed E-state index contributed by atoms with van der Waals surface area (Å²) in [4.78, 5) is 2.63. The number of benzene rings is 1. The highest BCUT2D eigenvalue weighted by molar-refractivity contribution is 5.27. The van der Waals surface area contributed by atoms with Crippen LogP contribution in [0.25, 0.3) is 10.4 Å². The summed E-state index contributed by atoms with van der Waals surface area (Å²) >= 11 is 0. The first-order valence-corrected chi connectivity index (χ1v) is 7.40. The minimum absolute atomic E-state index is 0.182. The third-order valence-corrected chi connectivity index (χ3v) is 4.04. The molecule has 6 heteroatoms. The molecule has 1 aliphatic heterocycles. The van der Waals surface area contributed by atoms with E-state index in [9.17, 15) is 10.2 Å². The van der Waals surface area contributed by atoms with Gasteiger partial charge in [-0.25, -0.2) is 0 Å². The van der Waals surface area contributed by atoms with Crippen LogP contribution in [0.3, 0.4) is 0 Å². The maximum atomic E-state index is 10.1. The normalized spacial score (nSPS) is 18.8. The number of nitrogens with one attached hydrogen (secondary N) is 1. The van der Waals surface area contributed by atoms with Gasteiger partial charge in [0.05, 0.1) is 6.10 Å². The Bertz CT molecular complexity index is 479. The minimum Gasteiger partial charge on any atom is -0.390 e. The van der Waals surface area contributed by atoms with Crippen LogP contribution in [0.5, 0.6) is 0 Å². The van der Waals surface area contributed by atoms with Gasteiger partial charge in [-0.1, -0.05) is 29.4 Å². The third-order valence-electron chi connectivity index (χ3n) is 4.04. The van der Waals surface area contributed by atoms with Crippen molar-refractivity contribution in [3.63, 3.8) is 0 Å². The minimum atomic E-state index is -0.944. The Hall–Kier alpha value is -1.59. The number of aliphatic hydroxyl groups is 2. The van der Waals surface area contributed by atoms with Gasteiger partial charge in [-0.2, -0.15) is 0 Å². The van der Waals surface area contributed by atoms with Crippen molar-refractivity contribution in [2.45, 2.75) is 37.4 Å². The molecule has 0 spiro atoms. The fraction of sp³-hybridized carbons (Fsp3) is 0.600. The molecule has 1 aromatic rings. The molecule has 0 saturated carbocycles. The van der Waals surface area contributed by atoms with Crippen LogP contribution in [0.1, 0.15) is 42.4 Å². The van der Waals surface area contributed by atoms with E-state index in [1.54, 1.807) is 0 Å². The van der Waals surface area contributed by atoms with E-state index in [2.05, 4.69) is 15.3 Å². The first kappa shape index (κ1) is 15.8. The quantitative estimate of drug-likeness (QED) is 0.425. The maximum Gasteiger partial charge on any atom is 0.105 e. The lowest BCUT2D eigenvalue weighted by Gasteiger charge is -2.24. The summed E-state index contributed by atoms with van der Waals surface area (Å²) in [6, 6.07) is 7.82. The molecule has 1 aliphatic rings. The zero-order valence-electron chi connectivity index (χ0n) is 12.0. The Kier molecular flexibility index (Phi) is 6.02. The van der Waals surface area contributed by atoms with Gasteiger partial charge in [0.25, 0.3) is 0 Å². The molecular weight excluding hydrogens is 268 g/mol. The number of nitrogens with zero attached hydrogens (tertiary/aromatic N) is 3. The van der Waals surface area contributed by atoms with Gasteiger partial charge in [-0.15, -0.1) is 0 Å². The number of piperidine rings is 1. The molecule has 1 aromatic carbocycles. The molecule has 1 saturated heterocycles. The lowest BCUT2D eigenvalue weighted by molar-refractivity contribution is 0.0150. The molecular formula is C15H22N4O2. The summed E-state index contributed by atoms with van der Waals surface area (Å²) in [5.74, 6) is 0.576. The van der Waals surface area contributed by atoms with E-state index >= 15 is 0 Å². The van der Waals surface area contributed by atoms with E-state index < -0.39 is 12.2 Å². The van der Waals surface area contributed by atoms with Crippen LogP contribution in [0.15, 0.2) is 29.4 Å². The highest BCUT2D eigenvalue weighted by Gasteiger charge is 2.19. The molecule has 2 rings (SSSR count). The zero-order valence-corrected chi connectivity index (χ0v) is 12.0. The van der Waals surface area contributed by atoms with Crippen LogP contribution < -0.4 is 5.32 Å². The molecule has 1 heterocycles. The molecule has 114 valence electrons. The van der Waals surface area contributed by atoms with Gasteiger partial charge >= 0.3 is 0 Å². The fourth-order valence-corrected chi connectivity index (χ4v) is 2.74. The van der Waals surface area contributed by atoms with Gasteiger partial charge in [0, 0.05) is 11.5 Å². The summed E-state index contributed by atoms with van der Waals surface area (Å²) in [5.41, 5.74) is 10.2. The Morgan fingerprint density at radius 1 is 1.24 bits per heavy atom. The van der Waals surface area contributed by atoms with Crippen LogP contribution in [0.2, 0.25) is 0 Å². The number of hydrogen-bond acceptors (Lipinski definition) is 4. The summed E-state index contributed by atoms with van der Waals surface area (Å²) < 4.78 is 0. The average Bonchev–Trinajstić information content (AvgIpc) is 2.55. The van der Waals surface area contributed by atoms with Gasteiger partial charge in [-0.05, 0) is 54.9 Å². The molecule has 3 N–H and O–H groups in total. The first-order valence-electron chi connectivity index (χ1n) is 7.40. The van der Waals surface area contributed by atoms with Crippen LogP contribution >= 0.6 is 0 Å². The summed E-state index contributed by atoms with van der Waals surface area (Å²) in [5, 5.41) is 26.7. The Labute approximate surface area is 124 Å². The summed E-state index contributed by atoms with van der Waals surface area (Å²) in [6.07, 6.45) is 0.662. The van der Waals surface area contributed by atoms with Gasteiger partial charge in [0.2, 0.25) is 0 Å². The highest BCUT2D eigenvalue weighted by Crippen LogP contribution is 2.27. The number of hydrogen-bond donors (Lipinski definition) is 3. The Balaban J connectivity index is 1.95. The van der Waals surface area contributed by atoms with Gasteiger partial charge in [0.15, 0.2) is 0 Å². The van der Waals surface area contributed by atoms with Gasteiger partial charge < -0.3 is 15.5 Å². The van der Waals surface area contributed by atoms with E-state index in [1.165, 1.54) is 5.56 Å². The van der Waals surface area contributed by atoms with E-state index in [4.69, 9.17) is 5.53 Å². The van der Waals surface area contributed by atoms with Gasteiger partial charge in [-0.3, -0.25) is 0 Å². The van der Waals surface area contributed by atoms with Crippen molar-refractivity contribution in [1.82, 2.24) is 5.32 Å². The second kappa shape index (κ2) is 8.00. The maximum absolute atomic E-state index is 10.1. The largest absolute Gasteiger partial charge is 0.390 e. The fourth-order valence-electron chi connectivity index (χ4n) is 2.74. The van der Waals surface area contributed by atoms with Crippen molar-refractivity contribution in [3.05, 3.63) is 45.8 Å². The van der Waals surface area contributed by atoms with Gasteiger partial charge in [0.1, 0.15) is 6.10 Å². The van der Waals surface area contributed by atoms with Crippen LogP contribution in [0.4, 0.5) is 0 Å². The molecule has 0 aliphatic carbocycles. The van der Waals surface area contributed by atoms with Crippen molar-refractivity contribution in [2.75, 3.05) is 19.6 Å². The topological polar surface area (TPSA) is 101 Å². The number of rotatable bonds is 6. The predicted octanol–water partition coefficient (Wildman–Crippen LogP) is 2.25. The SMILES string of the molecule is [N-]=[N+]=NCCC(O)C(O)c1ccc(C2CCNCC2)cc1. The molecule has 21 heavy (non-hydrogen) atoms. The van der Waals surface area contributed by atoms with E-state index in [1.807, 2.05) is 24.3 Å². The van der Waals surface area contributed by atoms with E-state index in [0.29, 0.717) is 11.5 Å². The molecule has 0 aromatic heterocycles. The molecule has 0 amide bonds. The van der Waals surface area contributed by atoms with Crippen LogP contribution in [0, 0.1) is 0 Å². The second-order valence-electron chi connectivity index (χ2n) is 5.45. The third kappa shape index (κ3) is 4.44. The predicted molar refractivity (Wildman–Crippen MR) is 80.9 cm³/mol. The average molecular weight is 290 g/mol. The lowest BCUT2D eigenvalue weighted by atomic mass is 9.89. The lowest BCUT2D eigenvalue weighted by Crippen LogP contribution is -2.26. The summed E-state index contributed by atoms with van der Waals surface area (Å²) in [6.45, 7) is 2.28. The molecule has 2 atom stereocenters. The Morgan fingerprint density at radius 2 is 1.90 bits per heavy atom. The zero-order chi connectivity index (χ0) is 15.1. The van der Waals surface area contributed by atoms with E-state index in [-0.39, 0.29) is 13.0 Å². The second-order valence-corrected chi connectivity index (χ2v) is 5.45. The number of aliphatic hydroxyl groups excluding tert-OH is 2. The van der Waals surface area contributed by atoms with Crippen molar-refractivity contribution >= 4 is 0 Å². The molecule has 2 unspecified atom stereocenters. The van der Waals surface area contributed by atoms with Crippen molar-refractivity contribution in [2.24, 2.45) is 5.11 Å². The molecule has 0 radical (unpaired) electrons. The smallest absolute Gasteiger partial charge is 0.105 e. The van der Waals surface area contributed by atoms with Crippen molar-refractivity contribution < 1.29 is 10.2 Å². The van der Waals surface area contributed by atoms with Crippen LogP contribution in [-0.2, 0) is 0 Å². The monoisotopic (exact) mass is 290 g/mol. The van der Waals surface area contributed by atoms with Crippen LogP contribution in [-0.4, -0.2) is 36.0 Å². The summed E-state index contributed by atoms with van der Waals surface area (Å²) in [7, 11) is 0. The first-order chi connectivity index (χ1) is 10.2. The Morgan fingerprint density at radius 3 is 2.52 bits per heavy atom. The molecule has 6 nitrogen and oxygen atoms in total. The molecule has 0 bridgehead atoms. The standard InChI is InChI=1S/C15H22N4O2/c16-19-18-10-7-14(20)15(21)13-3-1-11(2-4-13)12-5-8-17-9-6-12/h1-4,12,14-15,17,20-21H,5-10H2. The van der Waals surface area contributed by atoms with Crippen molar-refractivity contribution in [1.29, 1.82) is 0 Å². The van der Waals surface area contributed by atoms with Crippen molar-refractivity contribution in [3.8, 4) is 0 Å². The molecule has 1 fully saturated rings. The highest BCUT2D eigenvalue weighted by atomic mass is 16.3.